The van der Waals surface area contributed by atoms with Gasteiger partial charge in [0, 0.05) is 34.8 Å². The average molecular weight is 450 g/mol. The van der Waals surface area contributed by atoms with Crippen molar-refractivity contribution in [2.75, 3.05) is 16.6 Å². The highest BCUT2D eigenvalue weighted by molar-refractivity contribution is 9.10. The average Bonchev–Trinajstić information content (AvgIpc) is 3.20. The maximum atomic E-state index is 12.8. The molecule has 0 spiro atoms. The molecule has 1 amide bonds. The molecular formula is C18H16BrN3O4S. The van der Waals surface area contributed by atoms with Crippen molar-refractivity contribution in [3.63, 3.8) is 0 Å². The number of amides is 1. The van der Waals surface area contributed by atoms with Gasteiger partial charge in [0.15, 0.2) is 4.90 Å². The fourth-order valence-corrected chi connectivity index (χ4v) is 3.70. The minimum atomic E-state index is -1.58. The summed E-state index contributed by atoms with van der Waals surface area (Å²) in [7, 11) is 0. The number of benzene rings is 2. The third-order valence-electron chi connectivity index (χ3n) is 3.59. The van der Waals surface area contributed by atoms with Crippen molar-refractivity contribution >= 4 is 44.6 Å². The summed E-state index contributed by atoms with van der Waals surface area (Å²) in [6.45, 7) is -0.0789. The van der Waals surface area contributed by atoms with E-state index in [4.69, 9.17) is 4.42 Å². The zero-order valence-corrected chi connectivity index (χ0v) is 16.4. The van der Waals surface area contributed by atoms with Crippen LogP contribution in [0.1, 0.15) is 16.2 Å². The largest absolute Gasteiger partial charge is 0.588 e. The van der Waals surface area contributed by atoms with E-state index in [1.165, 1.54) is 12.5 Å². The normalized spacial score (nSPS) is 11.8. The molecule has 1 aromatic heterocycles. The Morgan fingerprint density at radius 1 is 1.22 bits per heavy atom. The molecule has 0 bridgehead atoms. The lowest BCUT2D eigenvalue weighted by atomic mass is 10.1. The molecular weight excluding hydrogens is 434 g/mol. The molecule has 0 aliphatic carbocycles. The maximum Gasteiger partial charge on any atom is 0.311 e. The third-order valence-corrected chi connectivity index (χ3v) is 5.32. The molecule has 3 aromatic rings. The molecule has 0 aliphatic heterocycles. The van der Waals surface area contributed by atoms with E-state index in [0.717, 1.165) is 10.0 Å². The SMILES string of the molecule is O=C(Nc1ccc(CCO)c([S+]([O-])Nc2ccc(Br)cc2)c1)c1ncco1. The first-order chi connectivity index (χ1) is 13.1. The first-order valence-corrected chi connectivity index (χ1v) is 9.89. The van der Waals surface area contributed by atoms with E-state index in [1.807, 2.05) is 12.1 Å². The second-order valence-electron chi connectivity index (χ2n) is 5.47. The molecule has 1 unspecified atom stereocenters. The number of carbonyl (C=O) groups is 1. The molecule has 0 fully saturated rings. The van der Waals surface area contributed by atoms with E-state index in [0.29, 0.717) is 22.7 Å². The fraction of sp³-hybridized carbons (Fsp3) is 0.111. The number of carbonyl (C=O) groups excluding carboxylic acids is 1. The Morgan fingerprint density at radius 3 is 2.63 bits per heavy atom. The maximum absolute atomic E-state index is 12.8. The van der Waals surface area contributed by atoms with Crippen molar-refractivity contribution in [2.45, 2.75) is 11.3 Å². The molecule has 1 heterocycles. The lowest BCUT2D eigenvalue weighted by Gasteiger charge is -2.16. The van der Waals surface area contributed by atoms with E-state index in [-0.39, 0.29) is 12.5 Å². The summed E-state index contributed by atoms with van der Waals surface area (Å²) in [5.41, 5.74) is 1.84. The van der Waals surface area contributed by atoms with Gasteiger partial charge in [-0.1, -0.05) is 22.0 Å². The van der Waals surface area contributed by atoms with Crippen molar-refractivity contribution in [3.8, 4) is 0 Å². The Bertz CT molecular complexity index is 903. The zero-order valence-electron chi connectivity index (χ0n) is 14.0. The van der Waals surface area contributed by atoms with Crippen LogP contribution in [0.5, 0.6) is 0 Å². The molecule has 0 saturated heterocycles. The number of oxazole rings is 1. The number of aliphatic hydroxyl groups is 1. The number of rotatable bonds is 7. The van der Waals surface area contributed by atoms with Gasteiger partial charge >= 0.3 is 5.91 Å². The van der Waals surface area contributed by atoms with Gasteiger partial charge in [-0.25, -0.2) is 9.71 Å². The van der Waals surface area contributed by atoms with Crippen molar-refractivity contribution in [1.82, 2.24) is 4.98 Å². The number of nitrogens with one attached hydrogen (secondary N) is 2. The van der Waals surface area contributed by atoms with Gasteiger partial charge in [0.05, 0.1) is 11.9 Å². The number of halogens is 1. The summed E-state index contributed by atoms with van der Waals surface area (Å²) in [4.78, 5) is 16.3. The molecule has 3 rings (SSSR count). The highest BCUT2D eigenvalue weighted by atomic mass is 79.9. The van der Waals surface area contributed by atoms with Gasteiger partial charge in [-0.05, 0) is 30.3 Å². The molecule has 3 N–H and O–H groups in total. The van der Waals surface area contributed by atoms with Crippen molar-refractivity contribution in [1.29, 1.82) is 0 Å². The number of aliphatic hydroxyl groups excluding tert-OH is 1. The van der Waals surface area contributed by atoms with Crippen molar-refractivity contribution in [3.05, 3.63) is 70.9 Å². The second kappa shape index (κ2) is 9.05. The minimum Gasteiger partial charge on any atom is -0.588 e. The Kier molecular flexibility index (Phi) is 6.51. The van der Waals surface area contributed by atoms with Crippen LogP contribution in [0.2, 0.25) is 0 Å². The topological polar surface area (TPSA) is 110 Å². The molecule has 2 aromatic carbocycles. The van der Waals surface area contributed by atoms with Gasteiger partial charge in [0.2, 0.25) is 0 Å². The molecule has 7 nitrogen and oxygen atoms in total. The molecule has 9 heteroatoms. The van der Waals surface area contributed by atoms with Crippen LogP contribution >= 0.6 is 15.9 Å². The van der Waals surface area contributed by atoms with E-state index in [9.17, 15) is 14.5 Å². The first kappa shape index (κ1) is 19.4. The van der Waals surface area contributed by atoms with Gasteiger partial charge in [0.1, 0.15) is 17.6 Å². The Hall–Kier alpha value is -2.33. The highest BCUT2D eigenvalue weighted by Crippen LogP contribution is 2.25. The van der Waals surface area contributed by atoms with Gasteiger partial charge in [-0.2, -0.15) is 0 Å². The quantitative estimate of drug-likeness (QED) is 0.476. The van der Waals surface area contributed by atoms with Gasteiger partial charge in [-0.3, -0.25) is 4.79 Å². The van der Waals surface area contributed by atoms with Gasteiger partial charge in [-0.15, -0.1) is 0 Å². The predicted octanol–water partition coefficient (Wildman–Crippen LogP) is 3.36. The van der Waals surface area contributed by atoms with Gasteiger partial charge in [0.25, 0.3) is 5.89 Å². The smallest absolute Gasteiger partial charge is 0.311 e. The number of aromatic nitrogens is 1. The summed E-state index contributed by atoms with van der Waals surface area (Å²) in [5, 5.41) is 11.9. The minimum absolute atomic E-state index is 0.0647. The van der Waals surface area contributed by atoms with Crippen LogP contribution in [0.4, 0.5) is 11.4 Å². The summed E-state index contributed by atoms with van der Waals surface area (Å²) in [5.74, 6) is -0.572. The number of hydrogen-bond acceptors (Lipinski definition) is 6. The standard InChI is InChI=1S/C18H16BrN3O4S/c19-13-2-5-14(6-3-13)22-27(25)16-11-15(4-1-12(16)7-9-23)21-17(24)18-20-8-10-26-18/h1-6,8,10-11,22-23H,7,9H2,(H,21,24). The lowest BCUT2D eigenvalue weighted by Crippen LogP contribution is -2.17. The summed E-state index contributed by atoms with van der Waals surface area (Å²) < 4.78 is 21.6. The lowest BCUT2D eigenvalue weighted by molar-refractivity contribution is 0.0990. The molecule has 0 radical (unpaired) electrons. The van der Waals surface area contributed by atoms with E-state index < -0.39 is 17.3 Å². The third kappa shape index (κ3) is 5.10. The van der Waals surface area contributed by atoms with Crippen LogP contribution in [-0.4, -0.2) is 27.2 Å². The van der Waals surface area contributed by atoms with Crippen LogP contribution in [0.3, 0.4) is 0 Å². The van der Waals surface area contributed by atoms with E-state index >= 15 is 0 Å². The van der Waals surface area contributed by atoms with E-state index in [1.54, 1.807) is 30.3 Å². The van der Waals surface area contributed by atoms with Crippen LogP contribution < -0.4 is 10.0 Å². The first-order valence-electron chi connectivity index (χ1n) is 7.95. The Labute approximate surface area is 167 Å². The number of anilines is 2. The molecule has 0 aliphatic rings. The molecule has 27 heavy (non-hydrogen) atoms. The zero-order chi connectivity index (χ0) is 19.2. The summed E-state index contributed by atoms with van der Waals surface area (Å²) >= 11 is 1.77. The molecule has 0 saturated carbocycles. The number of hydrogen-bond donors (Lipinski definition) is 3. The fourth-order valence-electron chi connectivity index (χ4n) is 2.33. The van der Waals surface area contributed by atoms with E-state index in [2.05, 4.69) is 31.0 Å². The predicted molar refractivity (Wildman–Crippen MR) is 106 cm³/mol. The monoisotopic (exact) mass is 449 g/mol. The Morgan fingerprint density at radius 2 is 1.96 bits per heavy atom. The van der Waals surface area contributed by atoms with Crippen molar-refractivity contribution in [2.24, 2.45) is 0 Å². The molecule has 1 atom stereocenters. The van der Waals surface area contributed by atoms with Crippen LogP contribution in [0, 0.1) is 0 Å². The van der Waals surface area contributed by atoms with Crippen LogP contribution in [0.15, 0.2) is 68.7 Å². The van der Waals surface area contributed by atoms with Gasteiger partial charge < -0.3 is 19.4 Å². The Balaban J connectivity index is 1.82. The van der Waals surface area contributed by atoms with Crippen molar-refractivity contribution < 1.29 is 18.9 Å². The number of nitrogens with zero attached hydrogens (tertiary/aromatic N) is 1. The summed E-state index contributed by atoms with van der Waals surface area (Å²) in [6, 6.07) is 12.3. The highest BCUT2D eigenvalue weighted by Gasteiger charge is 2.19. The van der Waals surface area contributed by atoms with Crippen LogP contribution in [0.25, 0.3) is 0 Å². The van der Waals surface area contributed by atoms with Crippen LogP contribution in [-0.2, 0) is 17.8 Å². The molecule has 140 valence electrons. The second-order valence-corrected chi connectivity index (χ2v) is 7.56. The summed E-state index contributed by atoms with van der Waals surface area (Å²) in [6.07, 6.45) is 3.03.